The summed E-state index contributed by atoms with van der Waals surface area (Å²) in [5.41, 5.74) is 6.53. The first-order valence-electron chi connectivity index (χ1n) is 8.05. The molecule has 2 rings (SSSR count). The van der Waals surface area contributed by atoms with Crippen LogP contribution in [0.4, 0.5) is 16.2 Å². The Kier molecular flexibility index (Phi) is 6.27. The lowest BCUT2D eigenvalue weighted by Crippen LogP contribution is -2.30. The molecule has 8 heteroatoms. The van der Waals surface area contributed by atoms with Crippen LogP contribution in [0, 0.1) is 0 Å². The van der Waals surface area contributed by atoms with Crippen LogP contribution in [0.25, 0.3) is 0 Å². The lowest BCUT2D eigenvalue weighted by atomic mass is 10.1. The second-order valence-corrected chi connectivity index (χ2v) is 5.74. The Balaban J connectivity index is 1.97. The van der Waals surface area contributed by atoms with Crippen molar-refractivity contribution < 1.29 is 23.9 Å². The number of nitrogens with one attached hydrogen (secondary N) is 2. The molecule has 0 spiro atoms. The summed E-state index contributed by atoms with van der Waals surface area (Å²) in [6.07, 6.45) is -1.05. The number of benzene rings is 2. The lowest BCUT2D eigenvalue weighted by molar-refractivity contribution is -0.123. The van der Waals surface area contributed by atoms with Gasteiger partial charge in [0.05, 0.1) is 5.56 Å². The number of urea groups is 1. The molecule has 1 atom stereocenters. The largest absolute Gasteiger partial charge is 0.449 e. The SMILES string of the molecule is CC(=O)c1cccc(NC(=O)C(C)OC(=O)c2ccc(NC(N)=O)cc2)c1. The van der Waals surface area contributed by atoms with Crippen molar-refractivity contribution in [3.05, 3.63) is 59.7 Å². The second kappa shape index (κ2) is 8.61. The van der Waals surface area contributed by atoms with E-state index in [0.29, 0.717) is 16.9 Å². The molecule has 2 aromatic rings. The molecule has 0 aliphatic carbocycles. The number of esters is 1. The van der Waals surface area contributed by atoms with Crippen LogP contribution in [-0.4, -0.2) is 29.8 Å². The molecule has 0 saturated heterocycles. The van der Waals surface area contributed by atoms with Gasteiger partial charge in [-0.3, -0.25) is 9.59 Å². The van der Waals surface area contributed by atoms with E-state index in [-0.39, 0.29) is 11.3 Å². The highest BCUT2D eigenvalue weighted by Gasteiger charge is 2.19. The van der Waals surface area contributed by atoms with Gasteiger partial charge in [-0.1, -0.05) is 12.1 Å². The molecule has 140 valence electrons. The van der Waals surface area contributed by atoms with Crippen molar-refractivity contribution in [1.29, 1.82) is 0 Å². The van der Waals surface area contributed by atoms with E-state index in [0.717, 1.165) is 0 Å². The summed E-state index contributed by atoms with van der Waals surface area (Å²) in [5.74, 6) is -1.35. The molecule has 27 heavy (non-hydrogen) atoms. The summed E-state index contributed by atoms with van der Waals surface area (Å²) < 4.78 is 5.14. The Labute approximate surface area is 155 Å². The number of carbonyl (C=O) groups excluding carboxylic acids is 4. The summed E-state index contributed by atoms with van der Waals surface area (Å²) in [5, 5.41) is 4.96. The predicted molar refractivity (Wildman–Crippen MR) is 99.6 cm³/mol. The number of rotatable bonds is 6. The minimum atomic E-state index is -1.05. The molecule has 0 aliphatic rings. The quantitative estimate of drug-likeness (QED) is 0.532. The van der Waals surface area contributed by atoms with Crippen molar-refractivity contribution in [3.63, 3.8) is 0 Å². The van der Waals surface area contributed by atoms with Gasteiger partial charge in [-0.2, -0.15) is 0 Å². The van der Waals surface area contributed by atoms with E-state index in [2.05, 4.69) is 10.6 Å². The Hall–Kier alpha value is -3.68. The average molecular weight is 369 g/mol. The van der Waals surface area contributed by atoms with Gasteiger partial charge in [-0.05, 0) is 50.2 Å². The van der Waals surface area contributed by atoms with Gasteiger partial charge < -0.3 is 21.1 Å². The zero-order valence-corrected chi connectivity index (χ0v) is 14.8. The molecule has 0 heterocycles. The van der Waals surface area contributed by atoms with Gasteiger partial charge in [0.1, 0.15) is 0 Å². The maximum absolute atomic E-state index is 12.2. The number of hydrogen-bond acceptors (Lipinski definition) is 5. The first-order valence-corrected chi connectivity index (χ1v) is 8.05. The Morgan fingerprint density at radius 3 is 2.19 bits per heavy atom. The molecule has 1 unspecified atom stereocenters. The number of nitrogens with two attached hydrogens (primary N) is 1. The second-order valence-electron chi connectivity index (χ2n) is 5.74. The van der Waals surface area contributed by atoms with E-state index in [1.807, 2.05) is 0 Å². The fourth-order valence-corrected chi connectivity index (χ4v) is 2.17. The third kappa shape index (κ3) is 5.67. The minimum absolute atomic E-state index is 0.125. The molecule has 2 aromatic carbocycles. The summed E-state index contributed by atoms with van der Waals surface area (Å²) in [7, 11) is 0. The molecule has 0 aliphatic heterocycles. The molecular formula is C19H19N3O5. The highest BCUT2D eigenvalue weighted by Crippen LogP contribution is 2.14. The van der Waals surface area contributed by atoms with Gasteiger partial charge in [-0.15, -0.1) is 0 Å². The molecule has 0 fully saturated rings. The number of anilines is 2. The fourth-order valence-electron chi connectivity index (χ4n) is 2.17. The molecule has 0 saturated carbocycles. The number of hydrogen-bond donors (Lipinski definition) is 3. The minimum Gasteiger partial charge on any atom is -0.449 e. The van der Waals surface area contributed by atoms with Crippen molar-refractivity contribution in [2.75, 3.05) is 10.6 Å². The van der Waals surface area contributed by atoms with Crippen LogP contribution in [0.2, 0.25) is 0 Å². The Bertz CT molecular complexity index is 877. The first kappa shape index (κ1) is 19.6. The van der Waals surface area contributed by atoms with Crippen molar-refractivity contribution in [3.8, 4) is 0 Å². The van der Waals surface area contributed by atoms with E-state index in [1.165, 1.54) is 38.1 Å². The van der Waals surface area contributed by atoms with Crippen LogP contribution in [0.5, 0.6) is 0 Å². The van der Waals surface area contributed by atoms with Crippen LogP contribution in [-0.2, 0) is 9.53 Å². The van der Waals surface area contributed by atoms with Gasteiger partial charge in [0.2, 0.25) is 0 Å². The zero-order valence-electron chi connectivity index (χ0n) is 14.8. The predicted octanol–water partition coefficient (Wildman–Crippen LogP) is 2.56. The summed E-state index contributed by atoms with van der Waals surface area (Å²) in [6, 6.07) is 11.6. The highest BCUT2D eigenvalue weighted by atomic mass is 16.5. The standard InChI is InChI=1S/C19H19N3O5/c1-11(23)14-4-3-5-16(10-14)21-17(24)12(2)27-18(25)13-6-8-15(9-7-13)22-19(20)26/h3-10,12H,1-2H3,(H,21,24)(H3,20,22,26). The number of amides is 3. The van der Waals surface area contributed by atoms with Crippen LogP contribution in [0.3, 0.4) is 0 Å². The first-order chi connectivity index (χ1) is 12.8. The lowest BCUT2D eigenvalue weighted by Gasteiger charge is -2.14. The topological polar surface area (TPSA) is 128 Å². The molecule has 8 nitrogen and oxygen atoms in total. The summed E-state index contributed by atoms with van der Waals surface area (Å²) in [6.45, 7) is 2.86. The summed E-state index contributed by atoms with van der Waals surface area (Å²) >= 11 is 0. The monoisotopic (exact) mass is 369 g/mol. The highest BCUT2D eigenvalue weighted by molar-refractivity contribution is 5.99. The molecule has 0 radical (unpaired) electrons. The Morgan fingerprint density at radius 1 is 0.926 bits per heavy atom. The number of primary amides is 1. The van der Waals surface area contributed by atoms with Crippen molar-refractivity contribution in [2.45, 2.75) is 20.0 Å². The van der Waals surface area contributed by atoms with E-state index in [1.54, 1.807) is 24.3 Å². The number of Topliss-reactive ketones (excluding diaryl/α,β-unsaturated/α-hetero) is 1. The molecule has 0 bridgehead atoms. The summed E-state index contributed by atoms with van der Waals surface area (Å²) in [4.78, 5) is 46.5. The van der Waals surface area contributed by atoms with Crippen molar-refractivity contribution in [1.82, 2.24) is 0 Å². The molecule has 0 aromatic heterocycles. The van der Waals surface area contributed by atoms with E-state index in [4.69, 9.17) is 10.5 Å². The third-order valence-electron chi connectivity index (χ3n) is 3.58. The molecular weight excluding hydrogens is 350 g/mol. The number of ketones is 1. The van der Waals surface area contributed by atoms with Crippen LogP contribution in [0.15, 0.2) is 48.5 Å². The fraction of sp³-hybridized carbons (Fsp3) is 0.158. The Morgan fingerprint density at radius 2 is 1.59 bits per heavy atom. The van der Waals surface area contributed by atoms with Crippen LogP contribution >= 0.6 is 0 Å². The van der Waals surface area contributed by atoms with Crippen molar-refractivity contribution in [2.24, 2.45) is 5.73 Å². The smallest absolute Gasteiger partial charge is 0.338 e. The van der Waals surface area contributed by atoms with E-state index < -0.39 is 24.0 Å². The molecule has 4 N–H and O–H groups in total. The van der Waals surface area contributed by atoms with Gasteiger partial charge >= 0.3 is 12.0 Å². The number of carbonyl (C=O) groups is 4. The normalized spacial score (nSPS) is 11.2. The van der Waals surface area contributed by atoms with Crippen LogP contribution in [0.1, 0.15) is 34.6 Å². The average Bonchev–Trinajstić information content (AvgIpc) is 2.61. The third-order valence-corrected chi connectivity index (χ3v) is 3.58. The van der Waals surface area contributed by atoms with Crippen LogP contribution < -0.4 is 16.4 Å². The zero-order chi connectivity index (χ0) is 20.0. The van der Waals surface area contributed by atoms with E-state index >= 15 is 0 Å². The van der Waals surface area contributed by atoms with Gasteiger partial charge in [0.25, 0.3) is 5.91 Å². The van der Waals surface area contributed by atoms with Gasteiger partial charge in [0, 0.05) is 16.9 Å². The van der Waals surface area contributed by atoms with Crippen molar-refractivity contribution >= 4 is 35.1 Å². The van der Waals surface area contributed by atoms with Gasteiger partial charge in [0.15, 0.2) is 11.9 Å². The maximum atomic E-state index is 12.2. The molecule has 3 amide bonds. The maximum Gasteiger partial charge on any atom is 0.338 e. The van der Waals surface area contributed by atoms with Gasteiger partial charge in [-0.25, -0.2) is 9.59 Å². The van der Waals surface area contributed by atoms with E-state index in [9.17, 15) is 19.2 Å². The number of ether oxygens (including phenoxy) is 1.